The molecule has 102 valence electrons. The number of carbonyl (C=O) groups is 1. The van der Waals surface area contributed by atoms with Gasteiger partial charge in [-0.1, -0.05) is 6.08 Å². The van der Waals surface area contributed by atoms with Crippen molar-refractivity contribution >= 4 is 11.5 Å². The Balaban J connectivity index is 2.15. The van der Waals surface area contributed by atoms with Gasteiger partial charge in [0, 0.05) is 11.8 Å². The zero-order valence-corrected chi connectivity index (χ0v) is 11.3. The highest BCUT2D eigenvalue weighted by Gasteiger charge is 2.24. The smallest absolute Gasteiger partial charge is 0.309 e. The van der Waals surface area contributed by atoms with Crippen molar-refractivity contribution in [1.82, 2.24) is 4.98 Å². The van der Waals surface area contributed by atoms with Crippen molar-refractivity contribution in [3.63, 3.8) is 0 Å². The van der Waals surface area contributed by atoms with E-state index in [-0.39, 0.29) is 17.7 Å². The Bertz CT molecular complexity index is 491. The van der Waals surface area contributed by atoms with E-state index in [2.05, 4.69) is 4.98 Å². The molecule has 19 heavy (non-hydrogen) atoms. The first-order valence-electron chi connectivity index (χ1n) is 6.59. The quantitative estimate of drug-likeness (QED) is 0.786. The van der Waals surface area contributed by atoms with Crippen molar-refractivity contribution in [2.75, 3.05) is 6.61 Å². The molecule has 0 saturated heterocycles. The second kappa shape index (κ2) is 5.95. The number of allylic oxidation sites excluding steroid dienone is 2. The molecule has 0 amide bonds. The minimum atomic E-state index is -0.291. The highest BCUT2D eigenvalue weighted by atomic mass is 19.1. The summed E-state index contributed by atoms with van der Waals surface area (Å²) in [5, 5.41) is 0. The summed E-state index contributed by atoms with van der Waals surface area (Å²) in [4.78, 5) is 15.5. The van der Waals surface area contributed by atoms with Crippen LogP contribution in [0, 0.1) is 18.7 Å². The first-order valence-corrected chi connectivity index (χ1v) is 6.59. The summed E-state index contributed by atoms with van der Waals surface area (Å²) < 4.78 is 18.8. The molecule has 0 aromatic carbocycles. The molecule has 2 rings (SSSR count). The van der Waals surface area contributed by atoms with Crippen LogP contribution in [-0.2, 0) is 9.53 Å². The van der Waals surface area contributed by atoms with Crippen LogP contribution in [0.25, 0.3) is 5.57 Å². The average molecular weight is 263 g/mol. The summed E-state index contributed by atoms with van der Waals surface area (Å²) in [6, 6.07) is 0. The fraction of sp³-hybridized carbons (Fsp3) is 0.467. The van der Waals surface area contributed by atoms with Crippen LogP contribution in [0.1, 0.15) is 37.3 Å². The van der Waals surface area contributed by atoms with Gasteiger partial charge in [-0.2, -0.15) is 0 Å². The molecular weight excluding hydrogens is 245 g/mol. The van der Waals surface area contributed by atoms with Gasteiger partial charge in [0.2, 0.25) is 0 Å². The van der Waals surface area contributed by atoms with E-state index < -0.39 is 0 Å². The largest absolute Gasteiger partial charge is 0.466 e. The van der Waals surface area contributed by atoms with E-state index in [0.29, 0.717) is 31.4 Å². The number of halogens is 1. The second-order valence-electron chi connectivity index (χ2n) is 4.77. The number of aryl methyl sites for hydroxylation is 1. The summed E-state index contributed by atoms with van der Waals surface area (Å²) in [5.74, 6) is -0.528. The zero-order chi connectivity index (χ0) is 13.8. The molecule has 0 fully saturated rings. The third-order valence-electron chi connectivity index (χ3n) is 3.44. The lowest BCUT2D eigenvalue weighted by molar-refractivity contribution is -0.148. The normalized spacial score (nSPS) is 18.9. The Morgan fingerprint density at radius 2 is 2.32 bits per heavy atom. The molecule has 0 bridgehead atoms. The van der Waals surface area contributed by atoms with E-state index in [1.54, 1.807) is 13.1 Å². The number of rotatable bonds is 3. The van der Waals surface area contributed by atoms with Crippen LogP contribution in [-0.4, -0.2) is 17.6 Å². The van der Waals surface area contributed by atoms with E-state index in [0.717, 1.165) is 11.1 Å². The number of carbonyl (C=O) groups excluding carboxylic acids is 1. The molecule has 1 heterocycles. The molecule has 4 heteroatoms. The Labute approximate surface area is 112 Å². The van der Waals surface area contributed by atoms with Gasteiger partial charge in [0.15, 0.2) is 0 Å². The van der Waals surface area contributed by atoms with Crippen molar-refractivity contribution in [3.05, 3.63) is 35.4 Å². The van der Waals surface area contributed by atoms with Crippen LogP contribution in [0.3, 0.4) is 0 Å². The Hall–Kier alpha value is -1.71. The van der Waals surface area contributed by atoms with Crippen molar-refractivity contribution in [2.24, 2.45) is 5.92 Å². The van der Waals surface area contributed by atoms with E-state index in [4.69, 9.17) is 4.74 Å². The first kappa shape index (κ1) is 13.7. The standard InChI is InChI=1S/C15H18FNO2/c1-3-19-15(18)12-6-4-11(5-7-12)14-10(2)8-17-9-13(14)16/h4,8-9,12H,3,5-7H2,1-2H3. The van der Waals surface area contributed by atoms with Gasteiger partial charge in [-0.25, -0.2) is 4.39 Å². The summed E-state index contributed by atoms with van der Waals surface area (Å²) in [6.07, 6.45) is 6.89. The monoisotopic (exact) mass is 263 g/mol. The number of hydrogen-bond acceptors (Lipinski definition) is 3. The Morgan fingerprint density at radius 3 is 2.89 bits per heavy atom. The summed E-state index contributed by atoms with van der Waals surface area (Å²) in [5.41, 5.74) is 2.44. The number of pyridine rings is 1. The predicted molar refractivity (Wildman–Crippen MR) is 70.9 cm³/mol. The van der Waals surface area contributed by atoms with Crippen molar-refractivity contribution in [3.8, 4) is 0 Å². The van der Waals surface area contributed by atoms with Crippen LogP contribution in [0.2, 0.25) is 0 Å². The van der Waals surface area contributed by atoms with E-state index in [1.165, 1.54) is 6.20 Å². The van der Waals surface area contributed by atoms with Crippen molar-refractivity contribution in [2.45, 2.75) is 33.1 Å². The number of hydrogen-bond donors (Lipinski definition) is 0. The number of esters is 1. The molecule has 0 spiro atoms. The zero-order valence-electron chi connectivity index (χ0n) is 11.3. The van der Waals surface area contributed by atoms with Gasteiger partial charge in [0.25, 0.3) is 0 Å². The maximum atomic E-state index is 13.8. The summed E-state index contributed by atoms with van der Waals surface area (Å²) >= 11 is 0. The topological polar surface area (TPSA) is 39.2 Å². The van der Waals surface area contributed by atoms with Gasteiger partial charge in [0.05, 0.1) is 18.7 Å². The number of nitrogens with zero attached hydrogens (tertiary/aromatic N) is 1. The van der Waals surface area contributed by atoms with Crippen LogP contribution in [0.4, 0.5) is 4.39 Å². The van der Waals surface area contributed by atoms with Crippen LogP contribution < -0.4 is 0 Å². The average Bonchev–Trinajstić information content (AvgIpc) is 2.39. The summed E-state index contributed by atoms with van der Waals surface area (Å²) in [7, 11) is 0. The maximum absolute atomic E-state index is 13.8. The van der Waals surface area contributed by atoms with Gasteiger partial charge in [0.1, 0.15) is 5.82 Å². The Kier molecular flexibility index (Phi) is 4.30. The fourth-order valence-electron chi connectivity index (χ4n) is 2.47. The lowest BCUT2D eigenvalue weighted by Gasteiger charge is -2.21. The molecular formula is C15H18FNO2. The minimum Gasteiger partial charge on any atom is -0.466 e. The maximum Gasteiger partial charge on any atom is 0.309 e. The van der Waals surface area contributed by atoms with Gasteiger partial charge in [-0.05, 0) is 44.2 Å². The van der Waals surface area contributed by atoms with Crippen LogP contribution >= 0.6 is 0 Å². The lowest BCUT2D eigenvalue weighted by Crippen LogP contribution is -2.19. The van der Waals surface area contributed by atoms with Gasteiger partial charge < -0.3 is 4.74 Å². The minimum absolute atomic E-state index is 0.0890. The highest BCUT2D eigenvalue weighted by Crippen LogP contribution is 2.33. The lowest BCUT2D eigenvalue weighted by atomic mass is 9.85. The third-order valence-corrected chi connectivity index (χ3v) is 3.44. The van der Waals surface area contributed by atoms with Gasteiger partial charge >= 0.3 is 5.97 Å². The number of ether oxygens (including phenoxy) is 1. The van der Waals surface area contributed by atoms with Crippen molar-refractivity contribution in [1.29, 1.82) is 0 Å². The van der Waals surface area contributed by atoms with Gasteiger partial charge in [-0.3, -0.25) is 9.78 Å². The van der Waals surface area contributed by atoms with Crippen molar-refractivity contribution < 1.29 is 13.9 Å². The molecule has 0 N–H and O–H groups in total. The van der Waals surface area contributed by atoms with Gasteiger partial charge in [-0.15, -0.1) is 0 Å². The highest BCUT2D eigenvalue weighted by molar-refractivity contribution is 5.76. The molecule has 1 aliphatic rings. The third kappa shape index (κ3) is 3.00. The number of aromatic nitrogens is 1. The Morgan fingerprint density at radius 1 is 1.53 bits per heavy atom. The molecule has 1 atom stereocenters. The van der Waals surface area contributed by atoms with Crippen LogP contribution in [0.15, 0.2) is 18.5 Å². The summed E-state index contributed by atoms with van der Waals surface area (Å²) in [6.45, 7) is 4.06. The molecule has 1 aromatic heterocycles. The molecule has 0 aliphatic heterocycles. The predicted octanol–water partition coefficient (Wildman–Crippen LogP) is 3.28. The fourth-order valence-corrected chi connectivity index (χ4v) is 2.47. The first-order chi connectivity index (χ1) is 9.13. The molecule has 3 nitrogen and oxygen atoms in total. The second-order valence-corrected chi connectivity index (χ2v) is 4.77. The molecule has 0 radical (unpaired) electrons. The molecule has 0 saturated carbocycles. The van der Waals surface area contributed by atoms with E-state index >= 15 is 0 Å². The molecule has 1 aliphatic carbocycles. The molecule has 1 aromatic rings. The van der Waals surface area contributed by atoms with Crippen LogP contribution in [0.5, 0.6) is 0 Å². The van der Waals surface area contributed by atoms with E-state index in [1.807, 2.05) is 13.0 Å². The van der Waals surface area contributed by atoms with E-state index in [9.17, 15) is 9.18 Å². The molecule has 1 unspecified atom stereocenters. The SMILES string of the molecule is CCOC(=O)C1CC=C(c2c(C)cncc2F)CC1.